The summed E-state index contributed by atoms with van der Waals surface area (Å²) in [4.78, 5) is 16.2. The number of aliphatic hydroxyl groups is 2. The van der Waals surface area contributed by atoms with E-state index in [-0.39, 0.29) is 0 Å². The van der Waals surface area contributed by atoms with Gasteiger partial charge in [0.25, 0.3) is 0 Å². The summed E-state index contributed by atoms with van der Waals surface area (Å²) >= 11 is 0. The molecule has 6 nitrogen and oxygen atoms in total. The first-order valence-corrected chi connectivity index (χ1v) is 9.87. The summed E-state index contributed by atoms with van der Waals surface area (Å²) in [6.07, 6.45) is 1.03. The Balaban J connectivity index is 1.41. The smallest absolute Gasteiger partial charge is 0.250 e. The number of para-hydroxylation sites is 1. The van der Waals surface area contributed by atoms with Crippen LogP contribution >= 0.6 is 0 Å². The molecule has 0 radical (unpaired) electrons. The number of anilines is 2. The van der Waals surface area contributed by atoms with Crippen molar-refractivity contribution in [2.75, 3.05) is 49.5 Å². The Morgan fingerprint density at radius 3 is 2.50 bits per heavy atom. The van der Waals surface area contributed by atoms with Gasteiger partial charge in [-0.2, -0.15) is 0 Å². The average Bonchev–Trinajstić information content (AvgIpc) is 2.75. The Labute approximate surface area is 166 Å². The predicted molar refractivity (Wildman–Crippen MR) is 111 cm³/mol. The highest BCUT2D eigenvalue weighted by Gasteiger charge is 2.17. The third-order valence-corrected chi connectivity index (χ3v) is 5.14. The number of benzene rings is 2. The van der Waals surface area contributed by atoms with Crippen molar-refractivity contribution in [1.29, 1.82) is 0 Å². The van der Waals surface area contributed by atoms with Gasteiger partial charge in [0.2, 0.25) is 5.91 Å². The van der Waals surface area contributed by atoms with E-state index in [1.165, 1.54) is 5.69 Å². The van der Waals surface area contributed by atoms with Crippen LogP contribution in [-0.2, 0) is 4.79 Å². The lowest BCUT2D eigenvalue weighted by Crippen LogP contribution is -2.46. The van der Waals surface area contributed by atoms with E-state index in [1.54, 1.807) is 18.2 Å². The number of piperazine rings is 1. The summed E-state index contributed by atoms with van der Waals surface area (Å²) in [5, 5.41) is 21.9. The van der Waals surface area contributed by atoms with Gasteiger partial charge < -0.3 is 20.4 Å². The highest BCUT2D eigenvalue weighted by molar-refractivity contribution is 5.91. The molecule has 0 aliphatic carbocycles. The summed E-state index contributed by atoms with van der Waals surface area (Å²) in [5.41, 5.74) is 2.66. The standard InChI is InChI=1S/C22H29N3O3/c26-17-22(28)23-19-7-4-6-18(16-19)21(27)10-5-11-24-12-14-25(15-13-24)20-8-2-1-3-9-20/h1-4,6-9,16,21,26-27H,5,10-15,17H2,(H,23,28). The van der Waals surface area contributed by atoms with E-state index in [9.17, 15) is 9.90 Å². The zero-order chi connectivity index (χ0) is 19.8. The normalized spacial score (nSPS) is 16.0. The van der Waals surface area contributed by atoms with Gasteiger partial charge in [0, 0.05) is 37.6 Å². The van der Waals surface area contributed by atoms with E-state index in [2.05, 4.69) is 39.4 Å². The van der Waals surface area contributed by atoms with E-state index in [4.69, 9.17) is 5.11 Å². The van der Waals surface area contributed by atoms with Crippen LogP contribution in [-0.4, -0.2) is 60.4 Å². The molecule has 0 aromatic heterocycles. The molecule has 150 valence electrons. The minimum atomic E-state index is -0.559. The number of carbonyl (C=O) groups excluding carboxylic acids is 1. The number of nitrogens with zero attached hydrogens (tertiary/aromatic N) is 2. The van der Waals surface area contributed by atoms with E-state index < -0.39 is 18.6 Å². The first-order valence-electron chi connectivity index (χ1n) is 9.87. The molecule has 0 spiro atoms. The van der Waals surface area contributed by atoms with Crippen molar-refractivity contribution in [3.63, 3.8) is 0 Å². The van der Waals surface area contributed by atoms with Crippen LogP contribution in [0.25, 0.3) is 0 Å². The molecule has 0 saturated carbocycles. The number of aliphatic hydroxyl groups excluding tert-OH is 2. The first kappa shape index (κ1) is 20.3. The average molecular weight is 383 g/mol. The Bertz CT molecular complexity index is 746. The van der Waals surface area contributed by atoms with Crippen molar-refractivity contribution in [3.05, 3.63) is 60.2 Å². The van der Waals surface area contributed by atoms with Crippen LogP contribution in [0.2, 0.25) is 0 Å². The largest absolute Gasteiger partial charge is 0.388 e. The SMILES string of the molecule is O=C(CO)Nc1cccc(C(O)CCCN2CCN(c3ccccc3)CC2)c1. The summed E-state index contributed by atoms with van der Waals surface area (Å²) in [7, 11) is 0. The Morgan fingerprint density at radius 1 is 1.04 bits per heavy atom. The molecule has 0 bridgehead atoms. The molecule has 1 aliphatic heterocycles. The maximum Gasteiger partial charge on any atom is 0.250 e. The first-order chi connectivity index (χ1) is 13.7. The molecule has 28 heavy (non-hydrogen) atoms. The summed E-state index contributed by atoms with van der Waals surface area (Å²) in [5.74, 6) is -0.457. The minimum Gasteiger partial charge on any atom is -0.388 e. The number of nitrogens with one attached hydrogen (secondary N) is 1. The van der Waals surface area contributed by atoms with Gasteiger partial charge in [0.15, 0.2) is 0 Å². The fourth-order valence-electron chi connectivity index (χ4n) is 3.57. The van der Waals surface area contributed by atoms with Gasteiger partial charge in [0.1, 0.15) is 6.61 Å². The van der Waals surface area contributed by atoms with Gasteiger partial charge in [-0.15, -0.1) is 0 Å². The molecule has 2 aromatic rings. The molecule has 1 aliphatic rings. The van der Waals surface area contributed by atoms with Crippen LogP contribution in [0, 0.1) is 0 Å². The Morgan fingerprint density at radius 2 is 1.79 bits per heavy atom. The van der Waals surface area contributed by atoms with Gasteiger partial charge in [-0.25, -0.2) is 0 Å². The summed E-state index contributed by atoms with van der Waals surface area (Å²) in [6, 6.07) is 17.7. The van der Waals surface area contributed by atoms with Crippen molar-refractivity contribution < 1.29 is 15.0 Å². The van der Waals surface area contributed by atoms with Gasteiger partial charge in [-0.1, -0.05) is 30.3 Å². The topological polar surface area (TPSA) is 76.0 Å². The molecule has 1 saturated heterocycles. The van der Waals surface area contributed by atoms with Crippen molar-refractivity contribution >= 4 is 17.3 Å². The minimum absolute atomic E-state index is 0.457. The van der Waals surface area contributed by atoms with Crippen molar-refractivity contribution in [3.8, 4) is 0 Å². The number of hydrogen-bond acceptors (Lipinski definition) is 5. The molecule has 2 aromatic carbocycles. The number of hydrogen-bond donors (Lipinski definition) is 3. The fourth-order valence-corrected chi connectivity index (χ4v) is 3.57. The number of rotatable bonds is 8. The number of amides is 1. The quantitative estimate of drug-likeness (QED) is 0.652. The van der Waals surface area contributed by atoms with E-state index in [0.717, 1.165) is 44.7 Å². The fraction of sp³-hybridized carbons (Fsp3) is 0.409. The highest BCUT2D eigenvalue weighted by Crippen LogP contribution is 2.22. The van der Waals surface area contributed by atoms with Crippen LogP contribution in [0.4, 0.5) is 11.4 Å². The molecule has 1 fully saturated rings. The second-order valence-corrected chi connectivity index (χ2v) is 7.15. The van der Waals surface area contributed by atoms with Crippen LogP contribution in [0.15, 0.2) is 54.6 Å². The molecule has 1 amide bonds. The van der Waals surface area contributed by atoms with Crippen molar-refractivity contribution in [2.24, 2.45) is 0 Å². The molecule has 6 heteroatoms. The Kier molecular flexibility index (Phi) is 7.42. The lowest BCUT2D eigenvalue weighted by atomic mass is 10.0. The molecule has 3 N–H and O–H groups in total. The number of carbonyl (C=O) groups is 1. The molecule has 1 atom stereocenters. The summed E-state index contributed by atoms with van der Waals surface area (Å²) < 4.78 is 0. The monoisotopic (exact) mass is 383 g/mol. The lowest BCUT2D eigenvalue weighted by Gasteiger charge is -2.36. The lowest BCUT2D eigenvalue weighted by molar-refractivity contribution is -0.118. The third-order valence-electron chi connectivity index (χ3n) is 5.14. The second kappa shape index (κ2) is 10.2. The van der Waals surface area contributed by atoms with Crippen LogP contribution in [0.3, 0.4) is 0 Å². The zero-order valence-corrected chi connectivity index (χ0v) is 16.1. The maximum atomic E-state index is 11.3. The molecule has 1 heterocycles. The maximum absolute atomic E-state index is 11.3. The molecular formula is C22H29N3O3. The third kappa shape index (κ3) is 5.79. The molecular weight excluding hydrogens is 354 g/mol. The van der Waals surface area contributed by atoms with Crippen LogP contribution in [0.5, 0.6) is 0 Å². The molecule has 3 rings (SSSR count). The Hall–Kier alpha value is -2.41. The van der Waals surface area contributed by atoms with E-state index >= 15 is 0 Å². The van der Waals surface area contributed by atoms with Gasteiger partial charge in [-0.05, 0) is 49.2 Å². The molecule has 1 unspecified atom stereocenters. The zero-order valence-electron chi connectivity index (χ0n) is 16.1. The summed E-state index contributed by atoms with van der Waals surface area (Å²) in [6.45, 7) is 4.55. The van der Waals surface area contributed by atoms with Gasteiger partial charge >= 0.3 is 0 Å². The highest BCUT2D eigenvalue weighted by atomic mass is 16.3. The van der Waals surface area contributed by atoms with Gasteiger partial charge in [0.05, 0.1) is 6.10 Å². The van der Waals surface area contributed by atoms with Crippen molar-refractivity contribution in [1.82, 2.24) is 4.90 Å². The second-order valence-electron chi connectivity index (χ2n) is 7.15. The van der Waals surface area contributed by atoms with Crippen LogP contribution in [0.1, 0.15) is 24.5 Å². The van der Waals surface area contributed by atoms with E-state index in [1.807, 2.05) is 12.1 Å². The van der Waals surface area contributed by atoms with Crippen molar-refractivity contribution in [2.45, 2.75) is 18.9 Å². The van der Waals surface area contributed by atoms with E-state index in [0.29, 0.717) is 12.1 Å². The van der Waals surface area contributed by atoms with Gasteiger partial charge in [-0.3, -0.25) is 9.69 Å². The van der Waals surface area contributed by atoms with Crippen LogP contribution < -0.4 is 10.2 Å². The predicted octanol–water partition coefficient (Wildman–Crippen LogP) is 2.25.